The zero-order valence-electron chi connectivity index (χ0n) is 53.2. The van der Waals surface area contributed by atoms with Gasteiger partial charge in [-0.15, -0.1) is 5.10 Å². The minimum atomic E-state index is -0.795. The van der Waals surface area contributed by atoms with Crippen molar-refractivity contribution < 1.29 is 104 Å². The van der Waals surface area contributed by atoms with Gasteiger partial charge in [-0.1, -0.05) is 29.5 Å². The van der Waals surface area contributed by atoms with Gasteiger partial charge < -0.3 is 91.2 Å². The van der Waals surface area contributed by atoms with Crippen molar-refractivity contribution in [2.45, 2.75) is 71.2 Å². The molecule has 0 unspecified atom stereocenters. The molecule has 1 atom stereocenters. The average molecular weight is 1280 g/mol. The molecule has 28 heteroatoms. The van der Waals surface area contributed by atoms with Gasteiger partial charge in [-0.3, -0.25) is 28.8 Å². The minimum absolute atomic E-state index is 0.0371. The number of alkyl carbamates (subject to hydrolysis) is 1. The number of rotatable bonds is 59. The van der Waals surface area contributed by atoms with Gasteiger partial charge in [0.2, 0.25) is 5.91 Å². The normalized spacial score (nSPS) is 12.6. The molecule has 508 valence electrons. The molecule has 1 aromatic heterocycles. The lowest BCUT2D eigenvalue weighted by atomic mass is 9.99. The molecular weight excluding hydrogens is 1180 g/mol. The molecule has 0 aliphatic carbocycles. The molecule has 0 radical (unpaired) electrons. The van der Waals surface area contributed by atoms with Crippen LogP contribution in [0.25, 0.3) is 0 Å². The van der Waals surface area contributed by atoms with Gasteiger partial charge in [-0.2, -0.15) is 0 Å². The van der Waals surface area contributed by atoms with E-state index in [2.05, 4.69) is 20.9 Å². The molecule has 4 rings (SSSR count). The summed E-state index contributed by atoms with van der Waals surface area (Å²) >= 11 is 0. The summed E-state index contributed by atoms with van der Waals surface area (Å²) in [4.78, 5) is 64.9. The Labute approximate surface area is 528 Å². The molecule has 90 heavy (non-hydrogen) atoms. The predicted molar refractivity (Wildman–Crippen MR) is 325 cm³/mol. The summed E-state index contributed by atoms with van der Waals surface area (Å²) < 4.78 is 95.3. The number of amides is 4. The zero-order chi connectivity index (χ0) is 64.4. The van der Waals surface area contributed by atoms with Crippen LogP contribution in [0, 0.1) is 0 Å². The van der Waals surface area contributed by atoms with Crippen molar-refractivity contribution in [1.82, 2.24) is 30.5 Å². The maximum atomic E-state index is 13.6. The summed E-state index contributed by atoms with van der Waals surface area (Å²) in [6, 6.07) is 13.2. The monoisotopic (exact) mass is 1280 g/mol. The molecule has 1 aliphatic rings. The van der Waals surface area contributed by atoms with Gasteiger partial charge in [-0.25, -0.2) is 4.79 Å². The lowest BCUT2D eigenvalue weighted by Gasteiger charge is -2.19. The third-order valence-corrected chi connectivity index (χ3v) is 12.5. The fourth-order valence-corrected chi connectivity index (χ4v) is 8.00. The zero-order valence-corrected chi connectivity index (χ0v) is 53.2. The van der Waals surface area contributed by atoms with E-state index in [0.29, 0.717) is 207 Å². The average Bonchev–Trinajstić information content (AvgIpc) is 1.74. The molecule has 0 bridgehead atoms. The number of benzene rings is 2. The SMILES string of the molecule is COCCOCCOCCOCCOCCOCCOCCOCCOCCOCCOCCCC(=O)[C@H](Cc1ccc(OCc2cn(CCNC(=O)OC(C)(C)C)nn2)cc1)NC(=O)CCOCCOCCOCCOCCN1C(=O)c2ccccc2C1=O. The van der Waals surface area contributed by atoms with Crippen molar-refractivity contribution in [2.24, 2.45) is 0 Å². The quantitative estimate of drug-likeness (QED) is 0.0605. The van der Waals surface area contributed by atoms with Crippen LogP contribution in [-0.4, -0.2) is 273 Å². The number of ether oxygens (including phenoxy) is 17. The molecule has 2 N–H and O–H groups in total. The minimum Gasteiger partial charge on any atom is -0.487 e. The highest BCUT2D eigenvalue weighted by Crippen LogP contribution is 2.22. The first-order chi connectivity index (χ1) is 43.9. The first kappa shape index (κ1) is 76.8. The molecule has 1 aliphatic heterocycles. The van der Waals surface area contributed by atoms with Gasteiger partial charge in [0, 0.05) is 33.1 Å². The van der Waals surface area contributed by atoms with Gasteiger partial charge in [0.05, 0.1) is 221 Å². The number of aromatic nitrogens is 3. The molecule has 3 aromatic rings. The number of carbonyl (C=O) groups is 5. The number of hydrogen-bond donors (Lipinski definition) is 2. The number of hydrogen-bond acceptors (Lipinski definition) is 24. The van der Waals surface area contributed by atoms with Crippen LogP contribution in [-0.2, 0) is 105 Å². The van der Waals surface area contributed by atoms with Crippen LogP contribution in [0.5, 0.6) is 5.75 Å². The number of nitrogens with one attached hydrogen (secondary N) is 2. The van der Waals surface area contributed by atoms with Gasteiger partial charge >= 0.3 is 6.09 Å². The van der Waals surface area contributed by atoms with Crippen molar-refractivity contribution in [2.75, 3.05) is 212 Å². The van der Waals surface area contributed by atoms with E-state index in [1.165, 1.54) is 4.90 Å². The second kappa shape index (κ2) is 50.0. The number of imide groups is 1. The number of carbonyl (C=O) groups excluding carboxylic acids is 5. The third kappa shape index (κ3) is 37.6. The van der Waals surface area contributed by atoms with Crippen molar-refractivity contribution in [3.8, 4) is 5.75 Å². The Bertz CT molecular complexity index is 2330. The highest BCUT2D eigenvalue weighted by Gasteiger charge is 2.34. The fourth-order valence-electron chi connectivity index (χ4n) is 8.00. The number of fused-ring (bicyclic) bond motifs is 1. The molecule has 2 heterocycles. The van der Waals surface area contributed by atoms with Crippen molar-refractivity contribution >= 4 is 29.6 Å². The first-order valence-electron chi connectivity index (χ1n) is 30.9. The van der Waals surface area contributed by atoms with Gasteiger partial charge in [0.25, 0.3) is 11.8 Å². The molecule has 4 amide bonds. The Morgan fingerprint density at radius 2 is 0.933 bits per heavy atom. The molecule has 2 aromatic carbocycles. The summed E-state index contributed by atoms with van der Waals surface area (Å²) in [6.07, 6.45) is 2.15. The Morgan fingerprint density at radius 3 is 1.38 bits per heavy atom. The highest BCUT2D eigenvalue weighted by molar-refractivity contribution is 6.21. The maximum absolute atomic E-state index is 13.6. The van der Waals surface area contributed by atoms with E-state index in [1.54, 1.807) is 75.2 Å². The Kier molecular flexibility index (Phi) is 42.6. The van der Waals surface area contributed by atoms with Gasteiger partial charge in [-0.05, 0) is 63.4 Å². The van der Waals surface area contributed by atoms with Crippen LogP contribution in [0.3, 0.4) is 0 Å². The molecule has 0 saturated carbocycles. The molecule has 28 nitrogen and oxygen atoms in total. The van der Waals surface area contributed by atoms with E-state index in [-0.39, 0.29) is 82.3 Å². The number of nitrogens with zero attached hydrogens (tertiary/aromatic N) is 4. The number of Topliss-reactive ketones (excluding diaryl/α,β-unsaturated/α-hetero) is 1. The second-order valence-electron chi connectivity index (χ2n) is 20.9. The van der Waals surface area contributed by atoms with Gasteiger partial charge in [0.15, 0.2) is 5.78 Å². The first-order valence-corrected chi connectivity index (χ1v) is 30.9. The van der Waals surface area contributed by atoms with Crippen molar-refractivity contribution in [3.05, 3.63) is 77.1 Å². The summed E-state index contributed by atoms with van der Waals surface area (Å²) in [5.74, 6) is -0.526. The standard InChI is InChI=1S/C62H98N6O22/c1-62(2,3)90-61(73)63-16-17-67-49-52(65-66-67)50-89-53-13-11-51(12-14-53)48-56(64-58(70)15-20-76-25-28-80-33-34-81-29-26-77-21-18-68-59(71)54-8-5-6-9-55(54)60(68)72)57(69)10-7-19-75-24-27-79-32-35-83-38-39-85-42-43-87-46-47-88-45-44-86-41-40-84-37-36-82-31-30-78-23-22-74-4/h5-6,8-9,11-14,49,56H,7,10,15-48,50H2,1-4H3,(H,63,73)(H,64,70)/t56-/m0/s1. The van der Waals surface area contributed by atoms with Crippen LogP contribution in [0.15, 0.2) is 54.7 Å². The lowest BCUT2D eigenvalue weighted by molar-refractivity contribution is -0.128. The van der Waals surface area contributed by atoms with E-state index >= 15 is 0 Å². The summed E-state index contributed by atoms with van der Waals surface area (Å²) in [6.45, 7) is 18.1. The highest BCUT2D eigenvalue weighted by atomic mass is 16.6. The Balaban J connectivity index is 1.01. The third-order valence-electron chi connectivity index (χ3n) is 12.5. The number of methoxy groups -OCH3 is 1. The Hall–Kier alpha value is -5.67. The van der Waals surface area contributed by atoms with Crippen molar-refractivity contribution in [1.29, 1.82) is 0 Å². The molecule has 0 spiro atoms. The van der Waals surface area contributed by atoms with Crippen LogP contribution < -0.4 is 15.4 Å². The van der Waals surface area contributed by atoms with E-state index in [1.807, 2.05) is 12.1 Å². The summed E-state index contributed by atoms with van der Waals surface area (Å²) in [5.41, 5.74) is 1.62. The van der Waals surface area contributed by atoms with Crippen LogP contribution in [0.1, 0.15) is 72.0 Å². The summed E-state index contributed by atoms with van der Waals surface area (Å²) in [5, 5.41) is 13.9. The molecular formula is C62H98N6O22. The topological polar surface area (TPSA) is 300 Å². The second-order valence-corrected chi connectivity index (χ2v) is 20.9. The van der Waals surface area contributed by atoms with E-state index in [4.69, 9.17) is 80.5 Å². The predicted octanol–water partition coefficient (Wildman–Crippen LogP) is 3.32. The van der Waals surface area contributed by atoms with Gasteiger partial charge in [0.1, 0.15) is 23.7 Å². The number of ketones is 1. The summed E-state index contributed by atoms with van der Waals surface area (Å²) in [7, 11) is 1.64. The van der Waals surface area contributed by atoms with Crippen LogP contribution in [0.4, 0.5) is 4.79 Å². The fraction of sp³-hybridized carbons (Fsp3) is 0.694. The van der Waals surface area contributed by atoms with E-state index in [9.17, 15) is 24.0 Å². The lowest BCUT2D eigenvalue weighted by Crippen LogP contribution is -2.42. The van der Waals surface area contributed by atoms with Crippen LogP contribution in [0.2, 0.25) is 0 Å². The maximum Gasteiger partial charge on any atom is 0.407 e. The molecule has 0 fully saturated rings. The van der Waals surface area contributed by atoms with Crippen molar-refractivity contribution in [3.63, 3.8) is 0 Å². The Morgan fingerprint density at radius 1 is 0.511 bits per heavy atom. The van der Waals surface area contributed by atoms with E-state index in [0.717, 1.165) is 5.56 Å². The van der Waals surface area contributed by atoms with Crippen LogP contribution >= 0.6 is 0 Å². The van der Waals surface area contributed by atoms with E-state index < -0.39 is 17.7 Å². The smallest absolute Gasteiger partial charge is 0.407 e. The molecule has 0 saturated heterocycles. The largest absolute Gasteiger partial charge is 0.487 e.